The number of hydrogen-bond donors (Lipinski definition) is 2. The number of rotatable bonds is 6. The molecule has 0 amide bonds. The molecule has 0 fully saturated rings. The van der Waals surface area contributed by atoms with E-state index in [4.69, 9.17) is 14.6 Å². The second-order valence-electron chi connectivity index (χ2n) is 4.12. The molecular formula is C13H18O5. The number of carbonyl (C=O) groups is 1. The normalized spacial score (nSPS) is 13.9. The van der Waals surface area contributed by atoms with Crippen LogP contribution in [0.15, 0.2) is 24.3 Å². The van der Waals surface area contributed by atoms with Gasteiger partial charge in [-0.15, -0.1) is 0 Å². The summed E-state index contributed by atoms with van der Waals surface area (Å²) in [4.78, 5) is 11.7. The van der Waals surface area contributed by atoms with E-state index in [9.17, 15) is 9.90 Å². The number of aliphatic hydroxyl groups is 1. The van der Waals surface area contributed by atoms with Crippen LogP contribution in [-0.2, 0) is 9.47 Å². The van der Waals surface area contributed by atoms with Gasteiger partial charge in [0.05, 0.1) is 19.3 Å². The molecule has 2 unspecified atom stereocenters. The number of carbonyl (C=O) groups excluding carboxylic acids is 1. The van der Waals surface area contributed by atoms with Gasteiger partial charge in [0.2, 0.25) is 0 Å². The van der Waals surface area contributed by atoms with Gasteiger partial charge in [-0.3, -0.25) is 0 Å². The molecule has 5 nitrogen and oxygen atoms in total. The van der Waals surface area contributed by atoms with Crippen molar-refractivity contribution < 1.29 is 24.5 Å². The minimum absolute atomic E-state index is 0.111. The van der Waals surface area contributed by atoms with Gasteiger partial charge in [-0.25, -0.2) is 4.79 Å². The predicted molar refractivity (Wildman–Crippen MR) is 65.5 cm³/mol. The second-order valence-corrected chi connectivity index (χ2v) is 4.12. The summed E-state index contributed by atoms with van der Waals surface area (Å²) in [5, 5.41) is 18.5. The Balaban J connectivity index is 2.43. The van der Waals surface area contributed by atoms with Crippen LogP contribution in [0.2, 0.25) is 0 Å². The van der Waals surface area contributed by atoms with Gasteiger partial charge in [0.25, 0.3) is 0 Å². The fourth-order valence-corrected chi connectivity index (χ4v) is 1.33. The van der Waals surface area contributed by atoms with Crippen LogP contribution in [0.25, 0.3) is 0 Å². The lowest BCUT2D eigenvalue weighted by atomic mass is 10.2. The minimum atomic E-state index is -0.596. The van der Waals surface area contributed by atoms with E-state index in [-0.39, 0.29) is 24.5 Å². The topological polar surface area (TPSA) is 76.0 Å². The minimum Gasteiger partial charge on any atom is -0.507 e. The molecule has 0 aliphatic heterocycles. The quantitative estimate of drug-likeness (QED) is 0.749. The van der Waals surface area contributed by atoms with Crippen LogP contribution in [-0.4, -0.2) is 41.6 Å². The van der Waals surface area contributed by atoms with Crippen LogP contribution < -0.4 is 0 Å². The third-order valence-electron chi connectivity index (χ3n) is 2.14. The zero-order valence-electron chi connectivity index (χ0n) is 10.5. The maximum atomic E-state index is 11.7. The zero-order chi connectivity index (χ0) is 13.5. The summed E-state index contributed by atoms with van der Waals surface area (Å²) in [7, 11) is 0. The lowest BCUT2D eigenvalue weighted by Gasteiger charge is -2.14. The van der Waals surface area contributed by atoms with Crippen molar-refractivity contribution in [3.63, 3.8) is 0 Å². The highest BCUT2D eigenvalue weighted by molar-refractivity contribution is 5.92. The fourth-order valence-electron chi connectivity index (χ4n) is 1.33. The number of aliphatic hydroxyl groups excluding tert-OH is 1. The Morgan fingerprint density at radius 2 is 1.94 bits per heavy atom. The van der Waals surface area contributed by atoms with Crippen molar-refractivity contribution in [1.82, 2.24) is 0 Å². The van der Waals surface area contributed by atoms with Crippen molar-refractivity contribution >= 4 is 5.97 Å². The van der Waals surface area contributed by atoms with E-state index >= 15 is 0 Å². The molecule has 0 aliphatic carbocycles. The smallest absolute Gasteiger partial charge is 0.342 e. The largest absolute Gasteiger partial charge is 0.507 e. The zero-order valence-corrected chi connectivity index (χ0v) is 10.5. The Labute approximate surface area is 106 Å². The van der Waals surface area contributed by atoms with Gasteiger partial charge >= 0.3 is 5.97 Å². The van der Waals surface area contributed by atoms with Crippen LogP contribution in [0, 0.1) is 0 Å². The summed E-state index contributed by atoms with van der Waals surface area (Å²) in [5.74, 6) is -0.708. The first-order valence-electron chi connectivity index (χ1n) is 5.75. The molecule has 0 aliphatic rings. The van der Waals surface area contributed by atoms with Gasteiger partial charge in [-0.05, 0) is 26.0 Å². The fraction of sp³-hybridized carbons (Fsp3) is 0.462. The number of phenols is 1. The summed E-state index contributed by atoms with van der Waals surface area (Å²) in [6.45, 7) is 3.68. The molecule has 0 aromatic heterocycles. The number of esters is 1. The number of para-hydroxylation sites is 1. The third-order valence-corrected chi connectivity index (χ3v) is 2.14. The SMILES string of the molecule is CC(O)COCC(C)OC(=O)c1ccccc1O. The highest BCUT2D eigenvalue weighted by atomic mass is 16.6. The maximum Gasteiger partial charge on any atom is 0.342 e. The first kappa shape index (κ1) is 14.5. The molecule has 0 spiro atoms. The molecule has 18 heavy (non-hydrogen) atoms. The van der Waals surface area contributed by atoms with Gasteiger partial charge in [0.1, 0.15) is 17.4 Å². The van der Waals surface area contributed by atoms with Crippen molar-refractivity contribution in [1.29, 1.82) is 0 Å². The second kappa shape index (κ2) is 6.98. The first-order valence-corrected chi connectivity index (χ1v) is 5.75. The van der Waals surface area contributed by atoms with Crippen molar-refractivity contribution in [3.8, 4) is 5.75 Å². The molecular weight excluding hydrogens is 236 g/mol. The standard InChI is InChI=1S/C13H18O5/c1-9(14)7-17-8-10(2)18-13(16)11-5-3-4-6-12(11)15/h3-6,9-10,14-15H,7-8H2,1-2H3. The monoisotopic (exact) mass is 254 g/mol. The van der Waals surface area contributed by atoms with Crippen molar-refractivity contribution in [2.75, 3.05) is 13.2 Å². The van der Waals surface area contributed by atoms with Gasteiger partial charge in [0, 0.05) is 0 Å². The molecule has 2 N–H and O–H groups in total. The number of aromatic hydroxyl groups is 1. The van der Waals surface area contributed by atoms with E-state index in [1.54, 1.807) is 26.0 Å². The Kier molecular flexibility index (Phi) is 5.61. The number of phenolic OH excluding ortho intramolecular Hbond substituents is 1. The molecule has 2 atom stereocenters. The number of ether oxygens (including phenoxy) is 2. The van der Waals surface area contributed by atoms with Crippen LogP contribution in [0.3, 0.4) is 0 Å². The molecule has 1 aromatic rings. The number of hydrogen-bond acceptors (Lipinski definition) is 5. The highest BCUT2D eigenvalue weighted by Gasteiger charge is 2.15. The lowest BCUT2D eigenvalue weighted by Crippen LogP contribution is -2.23. The van der Waals surface area contributed by atoms with Crippen LogP contribution in [0.1, 0.15) is 24.2 Å². The van der Waals surface area contributed by atoms with Gasteiger partial charge in [-0.2, -0.15) is 0 Å². The van der Waals surface area contributed by atoms with Gasteiger partial charge < -0.3 is 19.7 Å². The Morgan fingerprint density at radius 1 is 1.28 bits per heavy atom. The number of benzene rings is 1. The van der Waals surface area contributed by atoms with Crippen molar-refractivity contribution in [2.45, 2.75) is 26.1 Å². The van der Waals surface area contributed by atoms with E-state index in [2.05, 4.69) is 0 Å². The summed E-state index contributed by atoms with van der Waals surface area (Å²) < 4.78 is 10.2. The Hall–Kier alpha value is -1.59. The highest BCUT2D eigenvalue weighted by Crippen LogP contribution is 2.17. The summed E-state index contributed by atoms with van der Waals surface area (Å²) in [6, 6.07) is 6.18. The van der Waals surface area contributed by atoms with Crippen LogP contribution >= 0.6 is 0 Å². The molecule has 0 bridgehead atoms. The van der Waals surface area contributed by atoms with Crippen molar-refractivity contribution in [3.05, 3.63) is 29.8 Å². The van der Waals surface area contributed by atoms with Crippen molar-refractivity contribution in [2.24, 2.45) is 0 Å². The van der Waals surface area contributed by atoms with E-state index in [1.807, 2.05) is 0 Å². The lowest BCUT2D eigenvalue weighted by molar-refractivity contribution is -0.0162. The molecule has 1 aromatic carbocycles. The summed E-state index contributed by atoms with van der Waals surface area (Å²) in [5.41, 5.74) is 0.125. The molecule has 1 rings (SSSR count). The first-order chi connectivity index (χ1) is 8.50. The van der Waals surface area contributed by atoms with E-state index in [0.29, 0.717) is 0 Å². The van der Waals surface area contributed by atoms with E-state index in [0.717, 1.165) is 0 Å². The predicted octanol–water partition coefficient (Wildman–Crippen LogP) is 1.33. The molecule has 0 saturated carbocycles. The molecule has 0 heterocycles. The molecule has 0 saturated heterocycles. The van der Waals surface area contributed by atoms with Gasteiger partial charge in [-0.1, -0.05) is 12.1 Å². The maximum absolute atomic E-state index is 11.7. The van der Waals surface area contributed by atoms with E-state index < -0.39 is 18.2 Å². The molecule has 5 heteroatoms. The molecule has 100 valence electrons. The third kappa shape index (κ3) is 4.73. The Morgan fingerprint density at radius 3 is 2.56 bits per heavy atom. The van der Waals surface area contributed by atoms with Crippen LogP contribution in [0.5, 0.6) is 5.75 Å². The van der Waals surface area contributed by atoms with Gasteiger partial charge in [0.15, 0.2) is 0 Å². The molecule has 0 radical (unpaired) electrons. The van der Waals surface area contributed by atoms with E-state index in [1.165, 1.54) is 12.1 Å². The summed E-state index contributed by atoms with van der Waals surface area (Å²) >= 11 is 0. The average Bonchev–Trinajstić information content (AvgIpc) is 2.28. The average molecular weight is 254 g/mol. The van der Waals surface area contributed by atoms with Crippen LogP contribution in [0.4, 0.5) is 0 Å². The Bertz CT molecular complexity index is 389. The summed E-state index contributed by atoms with van der Waals surface area (Å²) in [6.07, 6.45) is -0.998.